The van der Waals surface area contributed by atoms with E-state index in [1.807, 2.05) is 0 Å². The summed E-state index contributed by atoms with van der Waals surface area (Å²) in [6, 6.07) is 2.86. The highest BCUT2D eigenvalue weighted by molar-refractivity contribution is 6.31. The third-order valence-corrected chi connectivity index (χ3v) is 2.45. The third-order valence-electron chi connectivity index (χ3n) is 2.13. The van der Waals surface area contributed by atoms with Crippen molar-refractivity contribution in [2.24, 2.45) is 5.73 Å². The normalized spacial score (nSPS) is 13.9. The first-order valence-corrected chi connectivity index (χ1v) is 4.99. The van der Waals surface area contributed by atoms with Crippen LogP contribution in [0.4, 0.5) is 13.2 Å². The minimum Gasteiger partial charge on any atom is -0.388 e. The number of aliphatic hydroxyl groups is 1. The number of hydrogen-bond donors (Lipinski definition) is 2. The van der Waals surface area contributed by atoms with Crippen molar-refractivity contribution < 1.29 is 18.3 Å². The van der Waals surface area contributed by atoms with Gasteiger partial charge in [-0.2, -0.15) is 13.2 Å². The highest BCUT2D eigenvalue weighted by Crippen LogP contribution is 2.34. The van der Waals surface area contributed by atoms with E-state index in [0.717, 1.165) is 12.1 Å². The molecule has 0 bridgehead atoms. The maximum Gasteiger partial charge on any atom is 0.416 e. The van der Waals surface area contributed by atoms with Crippen LogP contribution in [0.25, 0.3) is 0 Å². The molecule has 0 saturated carbocycles. The van der Waals surface area contributed by atoms with E-state index in [1.54, 1.807) is 0 Å². The monoisotopic (exact) mass is 253 g/mol. The van der Waals surface area contributed by atoms with Crippen LogP contribution in [0.1, 0.15) is 23.7 Å². The summed E-state index contributed by atoms with van der Waals surface area (Å²) in [5, 5.41) is 9.45. The molecule has 1 rings (SSSR count). The Kier molecular flexibility index (Phi) is 4.18. The number of aliphatic hydroxyl groups excluding tert-OH is 1. The maximum atomic E-state index is 12.3. The Morgan fingerprint density at radius 3 is 2.44 bits per heavy atom. The SMILES string of the molecule is NCCC(O)c1ccc(C(F)(F)F)cc1Cl. The van der Waals surface area contributed by atoms with E-state index < -0.39 is 17.8 Å². The fraction of sp³-hybridized carbons (Fsp3) is 0.400. The molecule has 0 spiro atoms. The molecule has 16 heavy (non-hydrogen) atoms. The summed E-state index contributed by atoms with van der Waals surface area (Å²) in [7, 11) is 0. The summed E-state index contributed by atoms with van der Waals surface area (Å²) >= 11 is 5.67. The van der Waals surface area contributed by atoms with Crippen molar-refractivity contribution in [2.75, 3.05) is 6.54 Å². The Morgan fingerprint density at radius 1 is 1.38 bits per heavy atom. The zero-order chi connectivity index (χ0) is 12.3. The van der Waals surface area contributed by atoms with Crippen LogP contribution < -0.4 is 5.73 Å². The predicted octanol–water partition coefficient (Wildman–Crippen LogP) is 2.74. The van der Waals surface area contributed by atoms with Crippen LogP contribution in [-0.2, 0) is 6.18 Å². The van der Waals surface area contributed by atoms with E-state index in [2.05, 4.69) is 0 Å². The lowest BCUT2D eigenvalue weighted by Crippen LogP contribution is -2.09. The van der Waals surface area contributed by atoms with Gasteiger partial charge in [0, 0.05) is 5.02 Å². The van der Waals surface area contributed by atoms with Crippen molar-refractivity contribution >= 4 is 11.6 Å². The molecule has 0 heterocycles. The lowest BCUT2D eigenvalue weighted by atomic mass is 10.0. The van der Waals surface area contributed by atoms with Gasteiger partial charge in [-0.05, 0) is 30.7 Å². The Balaban J connectivity index is 3.00. The average Bonchev–Trinajstić information content (AvgIpc) is 2.16. The molecule has 2 nitrogen and oxygen atoms in total. The molecule has 0 fully saturated rings. The first-order chi connectivity index (χ1) is 7.36. The fourth-order valence-electron chi connectivity index (χ4n) is 1.29. The van der Waals surface area contributed by atoms with Gasteiger partial charge in [0.1, 0.15) is 0 Å². The van der Waals surface area contributed by atoms with Gasteiger partial charge in [0.2, 0.25) is 0 Å². The molecule has 0 amide bonds. The van der Waals surface area contributed by atoms with Crippen LogP contribution in [0.3, 0.4) is 0 Å². The van der Waals surface area contributed by atoms with Gasteiger partial charge in [-0.1, -0.05) is 17.7 Å². The van der Waals surface area contributed by atoms with Gasteiger partial charge in [0.05, 0.1) is 11.7 Å². The van der Waals surface area contributed by atoms with Crippen LogP contribution in [-0.4, -0.2) is 11.7 Å². The predicted molar refractivity (Wildman–Crippen MR) is 55.1 cm³/mol. The molecule has 0 aliphatic rings. The summed E-state index contributed by atoms with van der Waals surface area (Å²) in [6.45, 7) is 0.235. The molecule has 0 radical (unpaired) electrons. The highest BCUT2D eigenvalue weighted by atomic mass is 35.5. The molecule has 1 aromatic carbocycles. The first-order valence-electron chi connectivity index (χ1n) is 4.61. The average molecular weight is 254 g/mol. The standard InChI is InChI=1S/C10H11ClF3NO/c11-8-5-6(10(12,13)14)1-2-7(8)9(16)3-4-15/h1-2,5,9,16H,3-4,15H2. The molecule has 0 saturated heterocycles. The Hall–Kier alpha value is -0.780. The molecule has 0 aliphatic heterocycles. The van der Waals surface area contributed by atoms with Crippen LogP contribution >= 0.6 is 11.6 Å². The van der Waals surface area contributed by atoms with Crippen LogP contribution in [0.15, 0.2) is 18.2 Å². The number of hydrogen-bond acceptors (Lipinski definition) is 2. The van der Waals surface area contributed by atoms with Gasteiger partial charge in [-0.25, -0.2) is 0 Å². The Labute approximate surface area is 95.8 Å². The van der Waals surface area contributed by atoms with E-state index in [0.29, 0.717) is 0 Å². The zero-order valence-corrected chi connectivity index (χ0v) is 9.02. The van der Waals surface area contributed by atoms with Crippen molar-refractivity contribution in [3.8, 4) is 0 Å². The molecular formula is C10H11ClF3NO. The summed E-state index contributed by atoms with van der Waals surface area (Å²) in [5.41, 5.74) is 4.66. The number of alkyl halides is 3. The quantitative estimate of drug-likeness (QED) is 0.870. The first kappa shape index (κ1) is 13.3. The second-order valence-electron chi connectivity index (χ2n) is 3.33. The zero-order valence-electron chi connectivity index (χ0n) is 8.26. The van der Waals surface area contributed by atoms with E-state index in [4.69, 9.17) is 17.3 Å². The second-order valence-corrected chi connectivity index (χ2v) is 3.73. The fourth-order valence-corrected chi connectivity index (χ4v) is 1.59. The third kappa shape index (κ3) is 3.10. The Bertz CT molecular complexity index is 368. The molecule has 0 aromatic heterocycles. The van der Waals surface area contributed by atoms with Gasteiger partial charge in [0.25, 0.3) is 0 Å². The van der Waals surface area contributed by atoms with Crippen LogP contribution in [0.2, 0.25) is 5.02 Å². The largest absolute Gasteiger partial charge is 0.416 e. The minimum atomic E-state index is -4.43. The van der Waals surface area contributed by atoms with E-state index >= 15 is 0 Å². The summed E-state index contributed by atoms with van der Waals surface area (Å²) in [5.74, 6) is 0. The molecule has 6 heteroatoms. The Morgan fingerprint density at radius 2 is 2.00 bits per heavy atom. The van der Waals surface area contributed by atoms with E-state index in [9.17, 15) is 18.3 Å². The van der Waals surface area contributed by atoms with Crippen molar-refractivity contribution in [3.63, 3.8) is 0 Å². The molecule has 1 atom stereocenters. The number of rotatable bonds is 3. The van der Waals surface area contributed by atoms with Crippen molar-refractivity contribution in [1.29, 1.82) is 0 Å². The van der Waals surface area contributed by atoms with Gasteiger partial charge in [-0.15, -0.1) is 0 Å². The lowest BCUT2D eigenvalue weighted by molar-refractivity contribution is -0.137. The van der Waals surface area contributed by atoms with Crippen molar-refractivity contribution in [1.82, 2.24) is 0 Å². The van der Waals surface area contributed by atoms with E-state index in [1.165, 1.54) is 6.07 Å². The topological polar surface area (TPSA) is 46.2 Å². The number of nitrogens with two attached hydrogens (primary N) is 1. The van der Waals surface area contributed by atoms with Gasteiger partial charge in [0.15, 0.2) is 0 Å². The molecule has 1 unspecified atom stereocenters. The maximum absolute atomic E-state index is 12.3. The van der Waals surface area contributed by atoms with Gasteiger partial charge in [-0.3, -0.25) is 0 Å². The molecule has 0 aliphatic carbocycles. The summed E-state index contributed by atoms with van der Waals surface area (Å²) in [4.78, 5) is 0. The molecule has 90 valence electrons. The van der Waals surface area contributed by atoms with Crippen molar-refractivity contribution in [2.45, 2.75) is 18.7 Å². The van der Waals surface area contributed by atoms with Gasteiger partial charge >= 0.3 is 6.18 Å². The molecule has 1 aromatic rings. The molecular weight excluding hydrogens is 243 g/mol. The number of halogens is 4. The number of benzene rings is 1. The summed E-state index contributed by atoms with van der Waals surface area (Å²) < 4.78 is 36.9. The van der Waals surface area contributed by atoms with Crippen molar-refractivity contribution in [3.05, 3.63) is 34.3 Å². The molecule has 3 N–H and O–H groups in total. The minimum absolute atomic E-state index is 0.101. The van der Waals surface area contributed by atoms with E-state index in [-0.39, 0.29) is 23.6 Å². The van der Waals surface area contributed by atoms with Gasteiger partial charge < -0.3 is 10.8 Å². The smallest absolute Gasteiger partial charge is 0.388 e. The summed E-state index contributed by atoms with van der Waals surface area (Å²) in [6.07, 6.45) is -5.11. The highest BCUT2D eigenvalue weighted by Gasteiger charge is 2.31. The van der Waals surface area contributed by atoms with Crippen LogP contribution in [0, 0.1) is 0 Å². The van der Waals surface area contributed by atoms with Crippen LogP contribution in [0.5, 0.6) is 0 Å². The lowest BCUT2D eigenvalue weighted by Gasteiger charge is -2.13. The second kappa shape index (κ2) is 5.03.